The van der Waals surface area contributed by atoms with Crippen LogP contribution in [-0.2, 0) is 9.53 Å². The molecule has 4 bridgehead atoms. The third-order valence-electron chi connectivity index (χ3n) is 6.17. The number of ether oxygens (including phenoxy) is 1. The van der Waals surface area contributed by atoms with Gasteiger partial charge in [0.2, 0.25) is 5.78 Å². The van der Waals surface area contributed by atoms with Crippen LogP contribution in [0.1, 0.15) is 55.8 Å². The van der Waals surface area contributed by atoms with Crippen molar-refractivity contribution in [3.05, 3.63) is 35.9 Å². The van der Waals surface area contributed by atoms with Crippen LogP contribution in [0, 0.1) is 17.3 Å². The lowest BCUT2D eigenvalue weighted by atomic mass is 9.48. The summed E-state index contributed by atoms with van der Waals surface area (Å²) in [4.78, 5) is 25.3. The van der Waals surface area contributed by atoms with E-state index in [1.165, 1.54) is 0 Å². The van der Waals surface area contributed by atoms with Crippen LogP contribution in [0.2, 0.25) is 0 Å². The number of carbonyl (C=O) groups is 2. The van der Waals surface area contributed by atoms with Gasteiger partial charge in [0, 0.05) is 5.56 Å². The molecule has 128 valence electrons. The van der Waals surface area contributed by atoms with Gasteiger partial charge < -0.3 is 9.84 Å². The molecule has 0 heterocycles. The van der Waals surface area contributed by atoms with Gasteiger partial charge in [0.15, 0.2) is 6.10 Å². The van der Waals surface area contributed by atoms with Crippen LogP contribution in [0.25, 0.3) is 0 Å². The van der Waals surface area contributed by atoms with Gasteiger partial charge in [-0.05, 0) is 57.3 Å². The van der Waals surface area contributed by atoms with E-state index in [2.05, 4.69) is 0 Å². The van der Waals surface area contributed by atoms with Crippen molar-refractivity contribution in [2.24, 2.45) is 17.3 Å². The highest BCUT2D eigenvalue weighted by Gasteiger charge is 2.61. The maximum atomic E-state index is 12.9. The molecule has 1 aromatic rings. The predicted molar refractivity (Wildman–Crippen MR) is 88.4 cm³/mol. The van der Waals surface area contributed by atoms with Crippen molar-refractivity contribution in [3.63, 3.8) is 0 Å². The van der Waals surface area contributed by atoms with E-state index in [-0.39, 0.29) is 11.8 Å². The zero-order chi connectivity index (χ0) is 16.9. The first-order valence-corrected chi connectivity index (χ1v) is 8.92. The van der Waals surface area contributed by atoms with Gasteiger partial charge in [-0.2, -0.15) is 0 Å². The molecule has 0 amide bonds. The molecule has 0 saturated heterocycles. The molecule has 0 spiro atoms. The summed E-state index contributed by atoms with van der Waals surface area (Å²) in [5.41, 5.74) is -0.721. The molecule has 0 aliphatic heterocycles. The van der Waals surface area contributed by atoms with Crippen molar-refractivity contribution >= 4 is 11.8 Å². The fourth-order valence-corrected chi connectivity index (χ4v) is 5.63. The molecule has 4 fully saturated rings. The lowest BCUT2D eigenvalue weighted by Gasteiger charge is -2.58. The number of hydrogen-bond acceptors (Lipinski definition) is 4. The Labute approximate surface area is 142 Å². The van der Waals surface area contributed by atoms with Crippen molar-refractivity contribution in [2.75, 3.05) is 0 Å². The van der Waals surface area contributed by atoms with Crippen LogP contribution in [0.4, 0.5) is 0 Å². The predicted octanol–water partition coefficient (Wildman–Crippen LogP) is 3.13. The molecule has 4 nitrogen and oxygen atoms in total. The SMILES string of the molecule is CC(OC(=O)C12CC3CC(CC(O)(C3)C1)C2)C(=O)c1ccccc1. The van der Waals surface area contributed by atoms with Gasteiger partial charge in [-0.25, -0.2) is 0 Å². The zero-order valence-electron chi connectivity index (χ0n) is 14.0. The molecular weight excluding hydrogens is 304 g/mol. The number of aliphatic hydroxyl groups is 1. The van der Waals surface area contributed by atoms with Gasteiger partial charge in [-0.1, -0.05) is 30.3 Å². The number of hydrogen-bond donors (Lipinski definition) is 1. The van der Waals surface area contributed by atoms with Crippen LogP contribution in [0.5, 0.6) is 0 Å². The van der Waals surface area contributed by atoms with E-state index in [0.29, 0.717) is 23.8 Å². The van der Waals surface area contributed by atoms with Crippen LogP contribution < -0.4 is 0 Å². The molecule has 4 aliphatic carbocycles. The summed E-state index contributed by atoms with van der Waals surface area (Å²) in [6.45, 7) is 1.64. The standard InChI is InChI=1S/C20H24O4/c1-13(17(21)16-5-3-2-4-6-16)24-18(22)19-8-14-7-15(9-19)11-20(23,10-14)12-19/h2-6,13-15,23H,7-12H2,1H3. The first-order chi connectivity index (χ1) is 11.4. The summed E-state index contributed by atoms with van der Waals surface area (Å²) in [6.07, 6.45) is 4.07. The molecule has 4 heteroatoms. The highest BCUT2D eigenvalue weighted by molar-refractivity contribution is 6.00. The fourth-order valence-electron chi connectivity index (χ4n) is 5.63. The minimum atomic E-state index is -0.789. The van der Waals surface area contributed by atoms with E-state index in [1.807, 2.05) is 6.07 Å². The summed E-state index contributed by atoms with van der Waals surface area (Å²) >= 11 is 0. The summed E-state index contributed by atoms with van der Waals surface area (Å²) in [6, 6.07) is 8.93. The quantitative estimate of drug-likeness (QED) is 0.681. The van der Waals surface area contributed by atoms with Gasteiger partial charge in [0.1, 0.15) is 0 Å². The highest BCUT2D eigenvalue weighted by atomic mass is 16.5. The molecule has 1 N–H and O–H groups in total. The van der Waals surface area contributed by atoms with Crippen molar-refractivity contribution in [2.45, 2.75) is 57.2 Å². The minimum Gasteiger partial charge on any atom is -0.454 e. The molecule has 1 aromatic carbocycles. The third kappa shape index (κ3) is 2.57. The lowest BCUT2D eigenvalue weighted by Crippen LogP contribution is -2.58. The van der Waals surface area contributed by atoms with E-state index in [1.54, 1.807) is 31.2 Å². The lowest BCUT2D eigenvalue weighted by molar-refractivity contribution is -0.197. The summed E-state index contributed by atoms with van der Waals surface area (Å²) in [7, 11) is 0. The van der Waals surface area contributed by atoms with Gasteiger partial charge >= 0.3 is 5.97 Å². The summed E-state index contributed by atoms with van der Waals surface area (Å²) in [5.74, 6) is 0.382. The second kappa shape index (κ2) is 5.41. The van der Waals surface area contributed by atoms with E-state index in [0.717, 1.165) is 32.1 Å². The molecule has 24 heavy (non-hydrogen) atoms. The maximum Gasteiger partial charge on any atom is 0.312 e. The van der Waals surface area contributed by atoms with Crippen molar-refractivity contribution in [3.8, 4) is 0 Å². The third-order valence-corrected chi connectivity index (χ3v) is 6.17. The normalized spacial score (nSPS) is 37.9. The van der Waals surface area contributed by atoms with Crippen LogP contribution in [-0.4, -0.2) is 28.6 Å². The van der Waals surface area contributed by atoms with Crippen molar-refractivity contribution < 1.29 is 19.4 Å². The molecule has 0 radical (unpaired) electrons. The van der Waals surface area contributed by atoms with E-state index in [9.17, 15) is 14.7 Å². The smallest absolute Gasteiger partial charge is 0.312 e. The monoisotopic (exact) mass is 328 g/mol. The Morgan fingerprint density at radius 1 is 1.12 bits per heavy atom. The molecule has 3 unspecified atom stereocenters. The van der Waals surface area contributed by atoms with Gasteiger partial charge in [0.05, 0.1) is 11.0 Å². The molecule has 4 saturated carbocycles. The number of ketones is 1. The second-order valence-corrected chi connectivity index (χ2v) is 8.24. The summed E-state index contributed by atoms with van der Waals surface area (Å²) in [5, 5.41) is 10.8. The topological polar surface area (TPSA) is 63.6 Å². The number of carbonyl (C=O) groups excluding carboxylic acids is 2. The van der Waals surface area contributed by atoms with Gasteiger partial charge in [-0.3, -0.25) is 9.59 Å². The average Bonchev–Trinajstić information content (AvgIpc) is 2.52. The first-order valence-electron chi connectivity index (χ1n) is 8.92. The molecule has 5 rings (SSSR count). The van der Waals surface area contributed by atoms with Gasteiger partial charge in [0.25, 0.3) is 0 Å². The first kappa shape index (κ1) is 15.8. The Balaban J connectivity index is 1.49. The van der Waals surface area contributed by atoms with Crippen LogP contribution in [0.3, 0.4) is 0 Å². The second-order valence-electron chi connectivity index (χ2n) is 8.24. The fraction of sp³-hybridized carbons (Fsp3) is 0.600. The number of esters is 1. The molecule has 0 aromatic heterocycles. The Kier molecular flexibility index (Phi) is 3.57. The Morgan fingerprint density at radius 2 is 1.75 bits per heavy atom. The maximum absolute atomic E-state index is 12.9. The minimum absolute atomic E-state index is 0.174. The van der Waals surface area contributed by atoms with E-state index >= 15 is 0 Å². The van der Waals surface area contributed by atoms with Crippen LogP contribution in [0.15, 0.2) is 30.3 Å². The number of benzene rings is 1. The molecular formula is C20H24O4. The number of rotatable bonds is 4. The Bertz CT molecular complexity index is 651. The number of Topliss-reactive ketones (excluding diaryl/α,β-unsaturated/α-hetero) is 1. The van der Waals surface area contributed by atoms with Crippen LogP contribution >= 0.6 is 0 Å². The van der Waals surface area contributed by atoms with Gasteiger partial charge in [-0.15, -0.1) is 0 Å². The Hall–Kier alpha value is -1.68. The largest absolute Gasteiger partial charge is 0.454 e. The average molecular weight is 328 g/mol. The van der Waals surface area contributed by atoms with E-state index in [4.69, 9.17) is 4.74 Å². The Morgan fingerprint density at radius 3 is 2.33 bits per heavy atom. The highest BCUT2D eigenvalue weighted by Crippen LogP contribution is 2.62. The van der Waals surface area contributed by atoms with Crippen molar-refractivity contribution in [1.29, 1.82) is 0 Å². The summed E-state index contributed by atoms with van der Waals surface area (Å²) < 4.78 is 5.60. The molecule has 3 atom stereocenters. The van der Waals surface area contributed by atoms with E-state index < -0.39 is 17.1 Å². The molecule has 4 aliphatic rings. The van der Waals surface area contributed by atoms with Crippen molar-refractivity contribution in [1.82, 2.24) is 0 Å². The zero-order valence-corrected chi connectivity index (χ0v) is 14.0.